The van der Waals surface area contributed by atoms with Gasteiger partial charge in [0.15, 0.2) is 0 Å². The SMILES string of the molecule is Cc1cn(CCCCN2CCN(c3ccccc3F)CC2)c(=O)[nH]c1=O. The Kier molecular flexibility index (Phi) is 5.88. The lowest BCUT2D eigenvalue weighted by molar-refractivity contribution is 0.250. The van der Waals surface area contributed by atoms with Gasteiger partial charge in [0.05, 0.1) is 5.69 Å². The van der Waals surface area contributed by atoms with E-state index in [0.717, 1.165) is 45.6 Å². The molecule has 0 atom stereocenters. The number of nitrogens with one attached hydrogen (secondary N) is 1. The molecule has 1 aliphatic heterocycles. The van der Waals surface area contributed by atoms with Gasteiger partial charge < -0.3 is 9.47 Å². The number of halogens is 1. The zero-order valence-electron chi connectivity index (χ0n) is 15.1. The van der Waals surface area contributed by atoms with E-state index in [9.17, 15) is 14.0 Å². The molecule has 1 aliphatic rings. The van der Waals surface area contributed by atoms with Crippen molar-refractivity contribution in [3.8, 4) is 0 Å². The molecule has 140 valence electrons. The minimum absolute atomic E-state index is 0.164. The number of aromatic amines is 1. The Morgan fingerprint density at radius 1 is 1.04 bits per heavy atom. The second-order valence-corrected chi connectivity index (χ2v) is 6.75. The summed E-state index contributed by atoms with van der Waals surface area (Å²) in [5, 5.41) is 0. The molecule has 1 fully saturated rings. The third-order valence-corrected chi connectivity index (χ3v) is 4.88. The summed E-state index contributed by atoms with van der Waals surface area (Å²) in [6.07, 6.45) is 3.47. The van der Waals surface area contributed by atoms with Crippen LogP contribution in [0.3, 0.4) is 0 Å². The average Bonchev–Trinajstić information content (AvgIpc) is 2.64. The van der Waals surface area contributed by atoms with E-state index in [2.05, 4.69) is 14.8 Å². The predicted octanol–water partition coefficient (Wildman–Crippen LogP) is 1.59. The molecule has 0 bridgehead atoms. The highest BCUT2D eigenvalue weighted by Crippen LogP contribution is 2.20. The van der Waals surface area contributed by atoms with Crippen molar-refractivity contribution < 1.29 is 4.39 Å². The van der Waals surface area contributed by atoms with E-state index in [1.807, 2.05) is 12.1 Å². The van der Waals surface area contributed by atoms with E-state index >= 15 is 0 Å². The van der Waals surface area contributed by atoms with E-state index in [1.165, 1.54) is 6.07 Å². The van der Waals surface area contributed by atoms with Gasteiger partial charge in [0.1, 0.15) is 5.82 Å². The number of rotatable bonds is 6. The largest absolute Gasteiger partial charge is 0.367 e. The minimum atomic E-state index is -0.348. The molecule has 1 aromatic heterocycles. The van der Waals surface area contributed by atoms with Gasteiger partial charge in [-0.15, -0.1) is 0 Å². The Morgan fingerprint density at radius 2 is 1.73 bits per heavy atom. The smallest absolute Gasteiger partial charge is 0.328 e. The molecular weight excluding hydrogens is 335 g/mol. The quantitative estimate of drug-likeness (QED) is 0.795. The predicted molar refractivity (Wildman–Crippen MR) is 100 cm³/mol. The van der Waals surface area contributed by atoms with Crippen LogP contribution < -0.4 is 16.1 Å². The Labute approximate surface area is 151 Å². The van der Waals surface area contributed by atoms with E-state index < -0.39 is 0 Å². The van der Waals surface area contributed by atoms with E-state index in [0.29, 0.717) is 17.8 Å². The minimum Gasteiger partial charge on any atom is -0.367 e. The Balaban J connectivity index is 1.42. The van der Waals surface area contributed by atoms with Crippen LogP contribution in [-0.2, 0) is 6.54 Å². The Morgan fingerprint density at radius 3 is 2.46 bits per heavy atom. The van der Waals surface area contributed by atoms with Gasteiger partial charge in [-0.1, -0.05) is 12.1 Å². The van der Waals surface area contributed by atoms with Crippen molar-refractivity contribution >= 4 is 5.69 Å². The molecule has 26 heavy (non-hydrogen) atoms. The van der Waals surface area contributed by atoms with Crippen molar-refractivity contribution in [2.24, 2.45) is 0 Å². The fourth-order valence-electron chi connectivity index (χ4n) is 3.32. The number of H-pyrrole nitrogens is 1. The molecule has 0 radical (unpaired) electrons. The molecular formula is C19H25FN4O2. The lowest BCUT2D eigenvalue weighted by Gasteiger charge is -2.36. The number of benzene rings is 1. The summed E-state index contributed by atoms with van der Waals surface area (Å²) in [5.74, 6) is -0.164. The lowest BCUT2D eigenvalue weighted by atomic mass is 10.2. The van der Waals surface area contributed by atoms with Crippen LogP contribution >= 0.6 is 0 Å². The van der Waals surface area contributed by atoms with Crippen LogP contribution in [0.5, 0.6) is 0 Å². The van der Waals surface area contributed by atoms with Crippen LogP contribution in [0.1, 0.15) is 18.4 Å². The maximum atomic E-state index is 13.9. The summed E-state index contributed by atoms with van der Waals surface area (Å²) >= 11 is 0. The fraction of sp³-hybridized carbons (Fsp3) is 0.474. The van der Waals surface area contributed by atoms with Gasteiger partial charge in [-0.3, -0.25) is 14.7 Å². The number of anilines is 1. The van der Waals surface area contributed by atoms with Gasteiger partial charge >= 0.3 is 5.69 Å². The molecule has 0 aliphatic carbocycles. The third-order valence-electron chi connectivity index (χ3n) is 4.88. The van der Waals surface area contributed by atoms with Crippen LogP contribution in [0.15, 0.2) is 40.1 Å². The summed E-state index contributed by atoms with van der Waals surface area (Å²) in [4.78, 5) is 29.9. The first-order valence-electron chi connectivity index (χ1n) is 9.07. The molecule has 7 heteroatoms. The molecule has 1 saturated heterocycles. The van der Waals surface area contributed by atoms with Crippen molar-refractivity contribution in [2.45, 2.75) is 26.3 Å². The highest BCUT2D eigenvalue weighted by Gasteiger charge is 2.18. The van der Waals surface area contributed by atoms with Crippen LogP contribution in [0, 0.1) is 12.7 Å². The molecule has 2 heterocycles. The van der Waals surface area contributed by atoms with Crippen LogP contribution in [-0.4, -0.2) is 47.2 Å². The standard InChI is InChI=1S/C19H25FN4O2/c1-15-14-24(19(26)21-18(15)25)9-5-4-8-22-10-12-23(13-11-22)17-7-3-2-6-16(17)20/h2-3,6-7,14H,4-5,8-13H2,1H3,(H,21,25,26). The summed E-state index contributed by atoms with van der Waals surface area (Å²) in [5.41, 5.74) is 0.562. The highest BCUT2D eigenvalue weighted by atomic mass is 19.1. The van der Waals surface area contributed by atoms with Gasteiger partial charge in [-0.2, -0.15) is 0 Å². The first kappa shape index (κ1) is 18.4. The molecule has 3 rings (SSSR count). The van der Waals surface area contributed by atoms with Crippen molar-refractivity contribution in [1.82, 2.24) is 14.5 Å². The maximum absolute atomic E-state index is 13.9. The monoisotopic (exact) mass is 360 g/mol. The zero-order chi connectivity index (χ0) is 18.5. The van der Waals surface area contributed by atoms with E-state index in [-0.39, 0.29) is 17.1 Å². The number of nitrogens with zero attached hydrogens (tertiary/aromatic N) is 3. The molecule has 0 spiro atoms. The topological polar surface area (TPSA) is 61.3 Å². The molecule has 0 saturated carbocycles. The van der Waals surface area contributed by atoms with Crippen molar-refractivity contribution in [2.75, 3.05) is 37.6 Å². The molecule has 6 nitrogen and oxygen atoms in total. The maximum Gasteiger partial charge on any atom is 0.328 e. The van der Waals surface area contributed by atoms with E-state index in [1.54, 1.807) is 23.8 Å². The second kappa shape index (κ2) is 8.31. The average molecular weight is 360 g/mol. The first-order valence-corrected chi connectivity index (χ1v) is 9.07. The summed E-state index contributed by atoms with van der Waals surface area (Å²) in [6.45, 7) is 6.72. The second-order valence-electron chi connectivity index (χ2n) is 6.75. The molecule has 0 amide bonds. The summed E-state index contributed by atoms with van der Waals surface area (Å²) < 4.78 is 15.4. The van der Waals surface area contributed by atoms with Crippen LogP contribution in [0.2, 0.25) is 0 Å². The summed E-state index contributed by atoms with van der Waals surface area (Å²) in [7, 11) is 0. The van der Waals surface area contributed by atoms with Crippen molar-refractivity contribution in [3.05, 3.63) is 62.7 Å². The number of para-hydroxylation sites is 1. The van der Waals surface area contributed by atoms with Crippen LogP contribution in [0.4, 0.5) is 10.1 Å². The number of hydrogen-bond acceptors (Lipinski definition) is 4. The number of piperazine rings is 1. The van der Waals surface area contributed by atoms with Gasteiger partial charge in [-0.05, 0) is 38.4 Å². The summed E-state index contributed by atoms with van der Waals surface area (Å²) in [6, 6.07) is 6.91. The third kappa shape index (κ3) is 4.40. The van der Waals surface area contributed by atoms with Crippen LogP contribution in [0.25, 0.3) is 0 Å². The lowest BCUT2D eigenvalue weighted by Crippen LogP contribution is -2.47. The van der Waals surface area contributed by atoms with Gasteiger partial charge in [0, 0.05) is 44.5 Å². The van der Waals surface area contributed by atoms with Gasteiger partial charge in [0.25, 0.3) is 5.56 Å². The van der Waals surface area contributed by atoms with Gasteiger partial charge in [-0.25, -0.2) is 9.18 Å². The van der Waals surface area contributed by atoms with Crippen molar-refractivity contribution in [1.29, 1.82) is 0 Å². The Hall–Kier alpha value is -2.41. The molecule has 1 N–H and O–H groups in total. The molecule has 2 aromatic rings. The van der Waals surface area contributed by atoms with Gasteiger partial charge in [0.2, 0.25) is 0 Å². The number of unbranched alkanes of at least 4 members (excludes halogenated alkanes) is 1. The highest BCUT2D eigenvalue weighted by molar-refractivity contribution is 5.47. The number of aromatic nitrogens is 2. The van der Waals surface area contributed by atoms with E-state index in [4.69, 9.17) is 0 Å². The van der Waals surface area contributed by atoms with Crippen molar-refractivity contribution in [3.63, 3.8) is 0 Å². The molecule has 1 aromatic carbocycles. The Bertz CT molecular complexity index is 853. The number of hydrogen-bond donors (Lipinski definition) is 1. The number of aryl methyl sites for hydroxylation is 2. The molecule has 0 unspecified atom stereocenters. The first-order chi connectivity index (χ1) is 12.5. The normalized spacial score (nSPS) is 15.4. The fourth-order valence-corrected chi connectivity index (χ4v) is 3.32. The zero-order valence-corrected chi connectivity index (χ0v) is 15.1.